The van der Waals surface area contributed by atoms with Crippen molar-refractivity contribution in [2.75, 3.05) is 26.9 Å². The van der Waals surface area contributed by atoms with Crippen LogP contribution in [-0.2, 0) is 14.8 Å². The van der Waals surface area contributed by atoms with Crippen LogP contribution < -0.4 is 14.2 Å². The van der Waals surface area contributed by atoms with E-state index in [4.69, 9.17) is 18.7 Å². The molecule has 3 aromatic rings. The summed E-state index contributed by atoms with van der Waals surface area (Å²) >= 11 is 0. The molecule has 1 N–H and O–H groups in total. The van der Waals surface area contributed by atoms with Gasteiger partial charge < -0.3 is 18.7 Å². The summed E-state index contributed by atoms with van der Waals surface area (Å²) in [6.07, 6.45) is 0. The molecule has 0 aliphatic rings. The lowest BCUT2D eigenvalue weighted by Gasteiger charge is -2.18. The van der Waals surface area contributed by atoms with Crippen LogP contribution in [0.3, 0.4) is 0 Å². The van der Waals surface area contributed by atoms with Crippen molar-refractivity contribution in [3.8, 4) is 11.5 Å². The van der Waals surface area contributed by atoms with E-state index in [1.807, 2.05) is 6.92 Å². The molecule has 31 heavy (non-hydrogen) atoms. The number of hydrogen-bond acceptors (Lipinski definition) is 8. The predicted molar refractivity (Wildman–Crippen MR) is 113 cm³/mol. The first-order valence-electron chi connectivity index (χ1n) is 9.70. The van der Waals surface area contributed by atoms with Crippen LogP contribution in [0.25, 0.3) is 0 Å². The van der Waals surface area contributed by atoms with Gasteiger partial charge in [-0.3, -0.25) is 0 Å². The van der Waals surface area contributed by atoms with Gasteiger partial charge in [-0.15, -0.1) is 0 Å². The van der Waals surface area contributed by atoms with Gasteiger partial charge in [0.2, 0.25) is 15.9 Å². The number of nitrogens with zero attached hydrogens (tertiary/aromatic N) is 2. The van der Waals surface area contributed by atoms with Crippen molar-refractivity contribution >= 4 is 10.0 Å². The highest BCUT2D eigenvalue weighted by Gasteiger charge is 2.28. The van der Waals surface area contributed by atoms with Crippen LogP contribution >= 0.6 is 0 Å². The second-order valence-electron chi connectivity index (χ2n) is 6.48. The van der Waals surface area contributed by atoms with Crippen molar-refractivity contribution in [1.82, 2.24) is 14.9 Å². The first-order chi connectivity index (χ1) is 14.9. The first kappa shape index (κ1) is 22.7. The van der Waals surface area contributed by atoms with Crippen LogP contribution in [0.1, 0.15) is 30.2 Å². The Morgan fingerprint density at radius 2 is 1.84 bits per heavy atom. The topological polar surface area (TPSA) is 113 Å². The molecule has 0 saturated carbocycles. The normalized spacial score (nSPS) is 12.5. The molecule has 0 saturated heterocycles. The molecule has 0 spiro atoms. The van der Waals surface area contributed by atoms with Crippen molar-refractivity contribution in [3.63, 3.8) is 0 Å². The zero-order valence-electron chi connectivity index (χ0n) is 17.6. The summed E-state index contributed by atoms with van der Waals surface area (Å²) in [6.45, 7) is 4.99. The van der Waals surface area contributed by atoms with E-state index in [0.717, 1.165) is 0 Å². The fourth-order valence-electron chi connectivity index (χ4n) is 2.89. The molecule has 0 aliphatic heterocycles. The molecule has 0 aliphatic carbocycles. The third kappa shape index (κ3) is 5.81. The Balaban J connectivity index is 1.85. The molecule has 10 heteroatoms. The largest absolute Gasteiger partial charge is 0.496 e. The Labute approximate surface area is 181 Å². The molecule has 0 unspecified atom stereocenters. The Kier molecular flexibility index (Phi) is 7.61. The number of sulfonamides is 1. The van der Waals surface area contributed by atoms with Crippen molar-refractivity contribution in [2.24, 2.45) is 0 Å². The molecular weight excluding hydrogens is 422 g/mol. The van der Waals surface area contributed by atoms with Gasteiger partial charge in [0.05, 0.1) is 18.6 Å². The van der Waals surface area contributed by atoms with E-state index in [1.54, 1.807) is 43.3 Å². The molecule has 9 nitrogen and oxygen atoms in total. The van der Waals surface area contributed by atoms with Crippen LogP contribution in [-0.4, -0.2) is 45.5 Å². The van der Waals surface area contributed by atoms with Crippen LogP contribution in [0.2, 0.25) is 0 Å². The summed E-state index contributed by atoms with van der Waals surface area (Å²) in [4.78, 5) is 4.29. The summed E-state index contributed by atoms with van der Waals surface area (Å²) in [6, 6.07) is 12.3. The Morgan fingerprint density at radius 3 is 2.48 bits per heavy atom. The van der Waals surface area contributed by atoms with Gasteiger partial charge in [-0.2, -0.15) is 9.71 Å². The van der Waals surface area contributed by atoms with Crippen LogP contribution in [0.4, 0.5) is 0 Å². The van der Waals surface area contributed by atoms with E-state index >= 15 is 0 Å². The molecule has 2 aromatic carbocycles. The number of ether oxygens (including phenoxy) is 3. The molecule has 3 rings (SSSR count). The second kappa shape index (κ2) is 10.4. The molecule has 0 fully saturated rings. The average Bonchev–Trinajstić information content (AvgIpc) is 3.21. The number of hydrogen-bond donors (Lipinski definition) is 1. The van der Waals surface area contributed by atoms with Crippen molar-refractivity contribution < 1.29 is 27.2 Å². The number of benzene rings is 2. The minimum atomic E-state index is -3.92. The third-order valence-electron chi connectivity index (χ3n) is 4.36. The predicted octanol–water partition coefficient (Wildman–Crippen LogP) is 2.87. The fourth-order valence-corrected chi connectivity index (χ4v) is 4.07. The van der Waals surface area contributed by atoms with Gasteiger partial charge in [0.25, 0.3) is 0 Å². The summed E-state index contributed by atoms with van der Waals surface area (Å²) in [7, 11) is -2.41. The molecule has 1 heterocycles. The SMILES string of the molecule is CCOCCOc1ccc(S(=O)(=O)N[C@@H](c2noc(C)n2)c2ccccc2OC)cc1. The molecule has 0 bridgehead atoms. The maximum Gasteiger partial charge on any atom is 0.241 e. The number of para-hydroxylation sites is 1. The highest BCUT2D eigenvalue weighted by molar-refractivity contribution is 7.89. The molecule has 166 valence electrons. The summed E-state index contributed by atoms with van der Waals surface area (Å²) in [5.74, 6) is 1.55. The van der Waals surface area contributed by atoms with Gasteiger partial charge in [0, 0.05) is 19.1 Å². The van der Waals surface area contributed by atoms with E-state index in [2.05, 4.69) is 14.9 Å². The number of aromatic nitrogens is 2. The van der Waals surface area contributed by atoms with Gasteiger partial charge in [-0.1, -0.05) is 23.4 Å². The monoisotopic (exact) mass is 447 g/mol. The maximum absolute atomic E-state index is 13.1. The Hall–Kier alpha value is -2.95. The zero-order chi connectivity index (χ0) is 22.3. The smallest absolute Gasteiger partial charge is 0.241 e. The van der Waals surface area contributed by atoms with Crippen molar-refractivity contribution in [3.05, 3.63) is 65.8 Å². The Bertz CT molecular complexity index is 1080. The summed E-state index contributed by atoms with van der Waals surface area (Å²) in [5, 5.41) is 3.91. The zero-order valence-corrected chi connectivity index (χ0v) is 18.4. The lowest BCUT2D eigenvalue weighted by Crippen LogP contribution is -2.30. The second-order valence-corrected chi connectivity index (χ2v) is 8.20. The van der Waals surface area contributed by atoms with Gasteiger partial charge >= 0.3 is 0 Å². The maximum atomic E-state index is 13.1. The summed E-state index contributed by atoms with van der Waals surface area (Å²) < 4.78 is 50.1. The van der Waals surface area contributed by atoms with Crippen LogP contribution in [0, 0.1) is 6.92 Å². The van der Waals surface area contributed by atoms with Crippen molar-refractivity contribution in [2.45, 2.75) is 24.8 Å². The van der Waals surface area contributed by atoms with E-state index in [1.165, 1.54) is 19.2 Å². The minimum Gasteiger partial charge on any atom is -0.496 e. The molecule has 0 amide bonds. The molecule has 1 aromatic heterocycles. The minimum absolute atomic E-state index is 0.0739. The number of rotatable bonds is 11. The van der Waals surface area contributed by atoms with Crippen LogP contribution in [0.15, 0.2) is 57.9 Å². The quantitative estimate of drug-likeness (QED) is 0.447. The lowest BCUT2D eigenvalue weighted by atomic mass is 10.1. The van der Waals surface area contributed by atoms with Gasteiger partial charge in [0.15, 0.2) is 5.82 Å². The van der Waals surface area contributed by atoms with E-state index in [9.17, 15) is 8.42 Å². The van der Waals surface area contributed by atoms with E-state index in [0.29, 0.717) is 42.8 Å². The number of aryl methyl sites for hydroxylation is 1. The van der Waals surface area contributed by atoms with Gasteiger partial charge in [0.1, 0.15) is 24.1 Å². The molecular formula is C21H25N3O6S. The molecule has 1 atom stereocenters. The van der Waals surface area contributed by atoms with E-state index in [-0.39, 0.29) is 10.7 Å². The first-order valence-corrected chi connectivity index (χ1v) is 11.2. The third-order valence-corrected chi connectivity index (χ3v) is 5.80. The number of methoxy groups -OCH3 is 1. The number of nitrogens with one attached hydrogen (secondary N) is 1. The lowest BCUT2D eigenvalue weighted by molar-refractivity contribution is 0.110. The van der Waals surface area contributed by atoms with Gasteiger partial charge in [-0.25, -0.2) is 8.42 Å². The molecule has 0 radical (unpaired) electrons. The van der Waals surface area contributed by atoms with Crippen molar-refractivity contribution in [1.29, 1.82) is 0 Å². The Morgan fingerprint density at radius 1 is 1.10 bits per heavy atom. The average molecular weight is 448 g/mol. The van der Waals surface area contributed by atoms with Gasteiger partial charge in [-0.05, 0) is 37.3 Å². The van der Waals surface area contributed by atoms with E-state index < -0.39 is 16.1 Å². The standard InChI is InChI=1S/C21H25N3O6S/c1-4-28-13-14-29-16-9-11-17(12-10-16)31(25,26)24-20(21-22-15(2)30-23-21)18-7-5-6-8-19(18)27-3/h5-12,20,24H,4,13-14H2,1-3H3/t20-/m1/s1. The highest BCUT2D eigenvalue weighted by atomic mass is 32.2. The summed E-state index contributed by atoms with van der Waals surface area (Å²) in [5.41, 5.74) is 0.560. The van der Waals surface area contributed by atoms with Crippen LogP contribution in [0.5, 0.6) is 11.5 Å². The highest BCUT2D eigenvalue weighted by Crippen LogP contribution is 2.30. The fraction of sp³-hybridized carbons (Fsp3) is 0.333.